The van der Waals surface area contributed by atoms with Gasteiger partial charge in [-0.15, -0.1) is 0 Å². The van der Waals surface area contributed by atoms with Crippen molar-refractivity contribution in [2.75, 3.05) is 43.6 Å². The van der Waals surface area contributed by atoms with Crippen LogP contribution in [-0.4, -0.2) is 54.7 Å². The van der Waals surface area contributed by atoms with Gasteiger partial charge in [0, 0.05) is 44.1 Å². The fourth-order valence-electron chi connectivity index (χ4n) is 5.98. The predicted molar refractivity (Wildman–Crippen MR) is 185 cm³/mol. The first-order chi connectivity index (χ1) is 23.6. The zero-order valence-electron chi connectivity index (χ0n) is 26.4. The van der Waals surface area contributed by atoms with Crippen LogP contribution in [0.2, 0.25) is 0 Å². The molecule has 2 heterocycles. The zero-order valence-corrected chi connectivity index (χ0v) is 26.4. The highest BCUT2D eigenvalue weighted by Crippen LogP contribution is 2.34. The molecule has 0 radical (unpaired) electrons. The van der Waals surface area contributed by atoms with Crippen LogP contribution in [0.4, 0.5) is 16.2 Å². The van der Waals surface area contributed by atoms with Gasteiger partial charge in [0.15, 0.2) is 11.5 Å². The Morgan fingerprint density at radius 3 is 1.98 bits per heavy atom. The van der Waals surface area contributed by atoms with Gasteiger partial charge in [-0.05, 0) is 59.2 Å². The number of carbonyl (C=O) groups is 2. The van der Waals surface area contributed by atoms with Crippen molar-refractivity contribution in [1.82, 2.24) is 9.80 Å². The maximum absolute atomic E-state index is 14.3. The van der Waals surface area contributed by atoms with E-state index in [1.807, 2.05) is 108 Å². The SMILES string of the molecule is O=C(Nc1ccccc1)Nc1ccc(OC(c2ccccc2)c2ccccc2)c(C(=O)N2CCN(Cc3ccc4c(c3)OCO4)CC2)c1. The third kappa shape index (κ3) is 7.27. The maximum atomic E-state index is 14.3. The van der Waals surface area contributed by atoms with Crippen LogP contribution in [0.3, 0.4) is 0 Å². The van der Waals surface area contributed by atoms with E-state index < -0.39 is 12.1 Å². The highest BCUT2D eigenvalue weighted by molar-refractivity contribution is 6.02. The number of hydrogen-bond acceptors (Lipinski definition) is 6. The second-order valence-electron chi connectivity index (χ2n) is 11.7. The van der Waals surface area contributed by atoms with Crippen molar-refractivity contribution in [2.24, 2.45) is 0 Å². The van der Waals surface area contributed by atoms with Crippen LogP contribution in [0.5, 0.6) is 17.2 Å². The molecule has 242 valence electrons. The van der Waals surface area contributed by atoms with Crippen LogP contribution in [0, 0.1) is 0 Å². The number of amides is 3. The number of urea groups is 1. The van der Waals surface area contributed by atoms with Crippen LogP contribution in [-0.2, 0) is 6.54 Å². The molecule has 7 rings (SSSR count). The summed E-state index contributed by atoms with van der Waals surface area (Å²) in [5.41, 5.74) is 4.59. The molecule has 9 heteroatoms. The summed E-state index contributed by atoms with van der Waals surface area (Å²) in [7, 11) is 0. The summed E-state index contributed by atoms with van der Waals surface area (Å²) in [5.74, 6) is 1.82. The van der Waals surface area contributed by atoms with Gasteiger partial charge in [0.05, 0.1) is 5.56 Å². The van der Waals surface area contributed by atoms with E-state index in [-0.39, 0.29) is 12.7 Å². The average molecular weight is 641 g/mol. The zero-order chi connectivity index (χ0) is 32.7. The van der Waals surface area contributed by atoms with Gasteiger partial charge in [-0.2, -0.15) is 0 Å². The summed E-state index contributed by atoms with van der Waals surface area (Å²) >= 11 is 0. The monoisotopic (exact) mass is 640 g/mol. The standard InChI is InChI=1S/C39H36N4O5/c44-38(43-22-20-42(21-23-43)26-28-16-18-35-36(24-28)47-27-46-35)33-25-32(41-39(45)40-31-14-8-3-9-15-31)17-19-34(33)48-37(29-10-4-1-5-11-29)30-12-6-2-7-13-30/h1-19,24-25,37H,20-23,26-27H2,(H2,40,41,45). The Hall–Kier alpha value is -5.80. The van der Waals surface area contributed by atoms with Gasteiger partial charge >= 0.3 is 6.03 Å². The Morgan fingerprint density at radius 1 is 0.667 bits per heavy atom. The van der Waals surface area contributed by atoms with E-state index >= 15 is 0 Å². The second kappa shape index (κ2) is 14.3. The van der Waals surface area contributed by atoms with Crippen molar-refractivity contribution in [3.8, 4) is 17.2 Å². The van der Waals surface area contributed by atoms with E-state index in [9.17, 15) is 9.59 Å². The number of ether oxygens (including phenoxy) is 3. The Labute approximate surface area is 279 Å². The number of piperazine rings is 1. The fraction of sp³-hybridized carbons (Fsp3) is 0.179. The van der Waals surface area contributed by atoms with Crippen LogP contribution in [0.15, 0.2) is 127 Å². The molecule has 2 N–H and O–H groups in total. The second-order valence-corrected chi connectivity index (χ2v) is 11.7. The van der Waals surface area contributed by atoms with Crippen LogP contribution in [0.25, 0.3) is 0 Å². The van der Waals surface area contributed by atoms with Crippen molar-refractivity contribution in [2.45, 2.75) is 12.6 Å². The maximum Gasteiger partial charge on any atom is 0.323 e. The van der Waals surface area contributed by atoms with Crippen molar-refractivity contribution < 1.29 is 23.8 Å². The molecule has 0 saturated carbocycles. The van der Waals surface area contributed by atoms with Gasteiger partial charge in [0.25, 0.3) is 5.91 Å². The number of fused-ring (bicyclic) bond motifs is 1. The molecule has 0 bridgehead atoms. The molecule has 3 amide bonds. The third-order valence-electron chi connectivity index (χ3n) is 8.45. The minimum Gasteiger partial charge on any atom is -0.480 e. The lowest BCUT2D eigenvalue weighted by Gasteiger charge is -2.35. The first-order valence-electron chi connectivity index (χ1n) is 16.0. The molecular weight excluding hydrogens is 604 g/mol. The first-order valence-corrected chi connectivity index (χ1v) is 16.0. The molecule has 5 aromatic rings. The number of nitrogens with one attached hydrogen (secondary N) is 2. The molecule has 0 unspecified atom stereocenters. The molecule has 9 nitrogen and oxygen atoms in total. The van der Waals surface area contributed by atoms with E-state index in [4.69, 9.17) is 14.2 Å². The topological polar surface area (TPSA) is 92.4 Å². The van der Waals surface area contributed by atoms with Crippen LogP contribution < -0.4 is 24.8 Å². The van der Waals surface area contributed by atoms with Crippen molar-refractivity contribution in [1.29, 1.82) is 0 Å². The van der Waals surface area contributed by atoms with E-state index in [0.29, 0.717) is 48.9 Å². The van der Waals surface area contributed by atoms with Crippen molar-refractivity contribution >= 4 is 23.3 Å². The highest BCUT2D eigenvalue weighted by Gasteiger charge is 2.27. The van der Waals surface area contributed by atoms with E-state index in [0.717, 1.165) is 34.7 Å². The summed E-state index contributed by atoms with van der Waals surface area (Å²) in [6.45, 7) is 3.52. The Bertz CT molecular complexity index is 1820. The summed E-state index contributed by atoms with van der Waals surface area (Å²) in [6, 6.07) is 39.9. The minimum atomic E-state index is -0.447. The molecular formula is C39H36N4O5. The summed E-state index contributed by atoms with van der Waals surface area (Å²) in [5, 5.41) is 5.71. The molecule has 48 heavy (non-hydrogen) atoms. The fourth-order valence-corrected chi connectivity index (χ4v) is 5.98. The number of benzene rings is 5. The van der Waals surface area contributed by atoms with Crippen LogP contribution >= 0.6 is 0 Å². The Kier molecular flexibility index (Phi) is 9.20. The summed E-state index contributed by atoms with van der Waals surface area (Å²) < 4.78 is 17.7. The molecule has 0 aliphatic carbocycles. The highest BCUT2D eigenvalue weighted by atomic mass is 16.7. The molecule has 2 aliphatic rings. The molecule has 1 fully saturated rings. The van der Waals surface area contributed by atoms with Gasteiger partial charge in [-0.3, -0.25) is 9.69 Å². The molecule has 0 atom stereocenters. The van der Waals surface area contributed by atoms with Gasteiger partial charge in [0.1, 0.15) is 11.9 Å². The number of hydrogen-bond donors (Lipinski definition) is 2. The summed E-state index contributed by atoms with van der Waals surface area (Å²) in [6.07, 6.45) is -0.447. The van der Waals surface area contributed by atoms with Gasteiger partial charge in [-0.1, -0.05) is 84.9 Å². The smallest absolute Gasteiger partial charge is 0.323 e. The summed E-state index contributed by atoms with van der Waals surface area (Å²) in [4.78, 5) is 31.3. The molecule has 2 aliphatic heterocycles. The minimum absolute atomic E-state index is 0.153. The number of para-hydroxylation sites is 1. The molecule has 0 spiro atoms. The number of nitrogens with zero attached hydrogens (tertiary/aromatic N) is 2. The van der Waals surface area contributed by atoms with Crippen LogP contribution in [0.1, 0.15) is 33.2 Å². The molecule has 0 aromatic heterocycles. The predicted octanol–water partition coefficient (Wildman–Crippen LogP) is 7.19. The normalized spacial score (nSPS) is 14.1. The average Bonchev–Trinajstić information content (AvgIpc) is 3.60. The van der Waals surface area contributed by atoms with Gasteiger partial charge < -0.3 is 29.7 Å². The largest absolute Gasteiger partial charge is 0.480 e. The first kappa shape index (κ1) is 30.8. The number of rotatable bonds is 9. The molecule has 5 aromatic carbocycles. The number of anilines is 2. The van der Waals surface area contributed by atoms with E-state index in [2.05, 4.69) is 21.6 Å². The van der Waals surface area contributed by atoms with Crippen molar-refractivity contribution in [3.63, 3.8) is 0 Å². The van der Waals surface area contributed by atoms with Gasteiger partial charge in [-0.25, -0.2) is 4.79 Å². The van der Waals surface area contributed by atoms with E-state index in [1.165, 1.54) is 0 Å². The number of carbonyl (C=O) groups excluding carboxylic acids is 2. The quantitative estimate of drug-likeness (QED) is 0.177. The van der Waals surface area contributed by atoms with E-state index in [1.54, 1.807) is 18.2 Å². The lowest BCUT2D eigenvalue weighted by Crippen LogP contribution is -2.48. The molecule has 1 saturated heterocycles. The third-order valence-corrected chi connectivity index (χ3v) is 8.45. The lowest BCUT2D eigenvalue weighted by molar-refractivity contribution is 0.0622. The Morgan fingerprint density at radius 2 is 1.29 bits per heavy atom. The van der Waals surface area contributed by atoms with Gasteiger partial charge in [0.2, 0.25) is 6.79 Å². The van der Waals surface area contributed by atoms with Crippen molar-refractivity contribution in [3.05, 3.63) is 150 Å². The lowest BCUT2D eigenvalue weighted by atomic mass is 10.0. The Balaban J connectivity index is 1.12.